The molecule has 1 atom stereocenters. The average Bonchev–Trinajstić information content (AvgIpc) is 1.18. The van der Waals surface area contributed by atoms with Crippen LogP contribution in [0.2, 0.25) is 0 Å². The lowest BCUT2D eigenvalue weighted by Gasteiger charge is -2.46. The van der Waals surface area contributed by atoms with Crippen molar-refractivity contribution >= 4 is 57.2 Å². The Morgan fingerprint density at radius 3 is 1.12 bits per heavy atom. The topological polar surface area (TPSA) is 6.48 Å². The van der Waals surface area contributed by atoms with Gasteiger partial charge in [-0.2, -0.15) is 0 Å². The lowest BCUT2D eigenvalue weighted by molar-refractivity contribution is 0.569. The second kappa shape index (κ2) is 28.3. The Kier molecular flexibility index (Phi) is 16.5. The molecule has 0 spiro atoms. The molecular weight excluding hydrogens is 1400 g/mol. The SMILES string of the molecule is [2H]c1c([2H])c([2H])c(-c2cc3c4c(c2)N(c2c(-c5ccccc5)cc(C(C)(C)C)cc2-c2ccccc2)c2cc(-c5cccc6c5C(c5ccccc5)(c5ccc(-c7ccccc7)cc5)c5ccccc5-6)ccc2B4c2cc(-c4cc(C(C)(C)C)cc(C(C)(C)C)c4)ccc2N3c2c(-c3ccccc3)cc(C(C)(C)C)cc2-c2ccccc2)c([2H])c1[2H]. The van der Waals surface area contributed by atoms with Gasteiger partial charge in [-0.1, -0.05) is 404 Å². The highest BCUT2D eigenvalue weighted by Gasteiger charge is 2.50. The highest BCUT2D eigenvalue weighted by atomic mass is 15.2. The maximum absolute atomic E-state index is 10.3. The predicted molar refractivity (Wildman–Crippen MR) is 496 cm³/mol. The van der Waals surface area contributed by atoms with Crippen LogP contribution in [0.4, 0.5) is 34.1 Å². The van der Waals surface area contributed by atoms with Crippen LogP contribution in [0.5, 0.6) is 0 Å². The monoisotopic (exact) mass is 1500 g/mol. The van der Waals surface area contributed by atoms with E-state index >= 15 is 0 Å². The zero-order chi connectivity index (χ0) is 83.9. The molecule has 16 aromatic rings. The molecule has 3 heteroatoms. The third-order valence-corrected chi connectivity index (χ3v) is 24.6. The molecule has 0 amide bonds. The molecule has 0 bridgehead atoms. The Balaban J connectivity index is 1.01. The maximum atomic E-state index is 10.3. The average molecular weight is 1500 g/mol. The molecule has 2 heterocycles. The van der Waals surface area contributed by atoms with E-state index in [0.29, 0.717) is 5.56 Å². The molecule has 116 heavy (non-hydrogen) atoms. The smallest absolute Gasteiger partial charge is 0.252 e. The summed E-state index contributed by atoms with van der Waals surface area (Å²) in [4.78, 5) is 5.05. The van der Waals surface area contributed by atoms with Crippen LogP contribution >= 0.6 is 0 Å². The summed E-state index contributed by atoms with van der Waals surface area (Å²) in [5, 5.41) is 0. The van der Waals surface area contributed by atoms with E-state index in [-0.39, 0.29) is 39.3 Å². The van der Waals surface area contributed by atoms with E-state index < -0.39 is 30.3 Å². The Morgan fingerprint density at radius 2 is 0.629 bits per heavy atom. The number of hydrogen-bond donors (Lipinski definition) is 0. The molecule has 2 nitrogen and oxygen atoms in total. The van der Waals surface area contributed by atoms with Gasteiger partial charge < -0.3 is 9.80 Å². The zero-order valence-corrected chi connectivity index (χ0v) is 68.3. The van der Waals surface area contributed by atoms with Crippen LogP contribution in [0.3, 0.4) is 0 Å². The predicted octanol–water partition coefficient (Wildman–Crippen LogP) is 28.7. The molecule has 0 fully saturated rings. The maximum Gasteiger partial charge on any atom is 0.252 e. The first kappa shape index (κ1) is 67.7. The van der Waals surface area contributed by atoms with Crippen LogP contribution < -0.4 is 26.2 Å². The van der Waals surface area contributed by atoms with E-state index in [0.717, 1.165) is 156 Å². The van der Waals surface area contributed by atoms with Crippen LogP contribution in [-0.4, -0.2) is 6.71 Å². The molecule has 1 unspecified atom stereocenters. The van der Waals surface area contributed by atoms with Gasteiger partial charge in [-0.15, -0.1) is 0 Å². The molecule has 3 aliphatic rings. The fourth-order valence-corrected chi connectivity index (χ4v) is 18.6. The standard InChI is InChI=1S/C113H97BN2/c1-109(2,3)87-63-83(64-88(69-87)110(4,5)6)81-58-62-101-100(65-81)114-99-61-57-82(91-52-36-53-93-92-51-34-35-54-98(92)113(105(91)93,85-49-32-19-33-50-85)86-59-55-76(56-60-86)74-37-20-13-21-38-74)66-102(99)116(108-96(79-45-28-17-29-46-79)72-90(112(10,11)12)73-97(108)80-47-30-18-31-48-80)104-68-84(75-39-22-14-23-40-75)67-103(106(104)114)115(101)107-94(77-41-24-15-25-42-77)70-89(111(7,8)9)71-95(107)78-43-26-16-27-44-78/h13-73H,1-12H3/i14D,22D,23D,39D,40D. The molecule has 0 saturated heterocycles. The number of anilines is 6. The lowest BCUT2D eigenvalue weighted by atomic mass is 9.33. The van der Waals surface area contributed by atoms with E-state index in [4.69, 9.17) is 0 Å². The van der Waals surface area contributed by atoms with E-state index in [1.807, 2.05) is 0 Å². The summed E-state index contributed by atoms with van der Waals surface area (Å²) in [6.07, 6.45) is 0. The Hall–Kier alpha value is -12.8. The first-order valence-corrected chi connectivity index (χ1v) is 41.0. The quantitative estimate of drug-likeness (QED) is 0.113. The zero-order valence-electron chi connectivity index (χ0n) is 73.3. The van der Waals surface area contributed by atoms with Crippen LogP contribution in [-0.2, 0) is 27.1 Å². The van der Waals surface area contributed by atoms with Crippen molar-refractivity contribution in [3.05, 3.63) is 414 Å². The number of benzene rings is 16. The van der Waals surface area contributed by atoms with Crippen LogP contribution in [0, 0.1) is 0 Å². The third-order valence-electron chi connectivity index (χ3n) is 24.6. The second-order valence-electron chi connectivity index (χ2n) is 36.0. The molecule has 19 rings (SSSR count). The van der Waals surface area contributed by atoms with Crippen molar-refractivity contribution in [2.24, 2.45) is 0 Å². The molecule has 0 saturated carbocycles. The summed E-state index contributed by atoms with van der Waals surface area (Å²) < 4.78 is 49.0. The van der Waals surface area contributed by atoms with Crippen LogP contribution in [0.15, 0.2) is 370 Å². The first-order valence-electron chi connectivity index (χ1n) is 43.5. The van der Waals surface area contributed by atoms with Gasteiger partial charge in [0.05, 0.1) is 23.6 Å². The molecule has 16 aromatic carbocycles. The van der Waals surface area contributed by atoms with E-state index in [1.54, 1.807) is 0 Å². The normalized spacial score (nSPS) is 14.8. The molecule has 1 aliphatic carbocycles. The minimum atomic E-state index is -0.819. The minimum Gasteiger partial charge on any atom is -0.310 e. The number of nitrogens with zero attached hydrogens (tertiary/aromatic N) is 2. The Labute approximate surface area is 694 Å². The fraction of sp³-hybridized carbons (Fsp3) is 0.150. The van der Waals surface area contributed by atoms with Gasteiger partial charge in [-0.3, -0.25) is 0 Å². The summed E-state index contributed by atoms with van der Waals surface area (Å²) in [6, 6.07) is 124. The molecule has 0 radical (unpaired) electrons. The third kappa shape index (κ3) is 12.6. The van der Waals surface area contributed by atoms with Crippen molar-refractivity contribution in [1.29, 1.82) is 0 Å². The highest BCUT2D eigenvalue weighted by Crippen LogP contribution is 2.61. The number of rotatable bonds is 12. The van der Waals surface area contributed by atoms with E-state index in [1.165, 1.54) is 27.8 Å². The van der Waals surface area contributed by atoms with Gasteiger partial charge in [0.25, 0.3) is 6.71 Å². The molecular formula is C113H97BN2. The molecule has 2 aliphatic heterocycles. The summed E-state index contributed by atoms with van der Waals surface area (Å²) in [5.74, 6) is 0. The van der Waals surface area contributed by atoms with Gasteiger partial charge in [0.15, 0.2) is 0 Å². The van der Waals surface area contributed by atoms with E-state index in [9.17, 15) is 6.85 Å². The lowest BCUT2D eigenvalue weighted by Crippen LogP contribution is -2.61. The molecule has 562 valence electrons. The van der Waals surface area contributed by atoms with E-state index in [2.05, 4.69) is 433 Å². The first-order chi connectivity index (χ1) is 58.1. The molecule has 0 aromatic heterocycles. The minimum absolute atomic E-state index is 0.105. The number of hydrogen-bond acceptors (Lipinski definition) is 2. The van der Waals surface area contributed by atoms with Crippen molar-refractivity contribution in [3.63, 3.8) is 0 Å². The van der Waals surface area contributed by atoms with Crippen LogP contribution in [0.1, 0.15) is 134 Å². The fourth-order valence-electron chi connectivity index (χ4n) is 18.6. The van der Waals surface area contributed by atoms with Crippen molar-refractivity contribution < 1.29 is 6.85 Å². The summed E-state index contributed by atoms with van der Waals surface area (Å²) in [7, 11) is 0. The van der Waals surface area contributed by atoms with Gasteiger partial charge in [0.1, 0.15) is 0 Å². The van der Waals surface area contributed by atoms with Crippen molar-refractivity contribution in [1.82, 2.24) is 0 Å². The van der Waals surface area contributed by atoms with Gasteiger partial charge in [-0.05, 0) is 209 Å². The van der Waals surface area contributed by atoms with Crippen molar-refractivity contribution in [2.45, 2.75) is 110 Å². The van der Waals surface area contributed by atoms with Crippen molar-refractivity contribution in [3.8, 4) is 100 Å². The van der Waals surface area contributed by atoms with Gasteiger partial charge in [0, 0.05) is 45.0 Å². The summed E-state index contributed by atoms with van der Waals surface area (Å²) in [5.41, 5.74) is 33.8. The summed E-state index contributed by atoms with van der Waals surface area (Å²) >= 11 is 0. The largest absolute Gasteiger partial charge is 0.310 e. The molecule has 0 N–H and O–H groups in total. The number of fused-ring (bicyclic) bond motifs is 7. The highest BCUT2D eigenvalue weighted by molar-refractivity contribution is 7.00. The summed E-state index contributed by atoms with van der Waals surface area (Å²) in [6.45, 7) is 27.1. The van der Waals surface area contributed by atoms with Gasteiger partial charge in [-0.25, -0.2) is 0 Å². The van der Waals surface area contributed by atoms with Gasteiger partial charge >= 0.3 is 0 Å². The second-order valence-corrected chi connectivity index (χ2v) is 36.0. The Morgan fingerprint density at radius 1 is 0.250 bits per heavy atom. The Bertz CT molecular complexity index is 6590. The van der Waals surface area contributed by atoms with Crippen molar-refractivity contribution in [2.75, 3.05) is 9.80 Å². The van der Waals surface area contributed by atoms with Gasteiger partial charge in [0.2, 0.25) is 0 Å². The van der Waals surface area contributed by atoms with Crippen LogP contribution in [0.25, 0.3) is 100 Å².